The van der Waals surface area contributed by atoms with Gasteiger partial charge in [-0.2, -0.15) is 0 Å². The van der Waals surface area contributed by atoms with Gasteiger partial charge < -0.3 is 4.90 Å². The van der Waals surface area contributed by atoms with Crippen LogP contribution in [0.5, 0.6) is 0 Å². The van der Waals surface area contributed by atoms with Crippen molar-refractivity contribution >= 4 is 5.69 Å². The zero-order chi connectivity index (χ0) is 21.9. The number of anilines is 1. The van der Waals surface area contributed by atoms with Crippen molar-refractivity contribution in [1.29, 1.82) is 0 Å². The minimum atomic E-state index is -0.0907. The van der Waals surface area contributed by atoms with Crippen molar-refractivity contribution in [3.8, 4) is 0 Å². The van der Waals surface area contributed by atoms with Crippen LogP contribution < -0.4 is 4.90 Å². The molecule has 3 aliphatic rings. The van der Waals surface area contributed by atoms with Gasteiger partial charge in [0, 0.05) is 36.0 Å². The molecule has 1 aliphatic heterocycles. The van der Waals surface area contributed by atoms with Crippen LogP contribution in [0.15, 0.2) is 103 Å². The summed E-state index contributed by atoms with van der Waals surface area (Å²) in [5.41, 5.74) is 7.06. The highest BCUT2D eigenvalue weighted by Gasteiger charge is 2.60. The average molecular weight is 418 g/mol. The van der Waals surface area contributed by atoms with E-state index in [0.717, 1.165) is 0 Å². The first-order chi connectivity index (χ1) is 15.6. The lowest BCUT2D eigenvalue weighted by Gasteiger charge is -2.43. The Kier molecular flexibility index (Phi) is 4.43. The van der Waals surface area contributed by atoms with E-state index in [1.165, 1.54) is 27.9 Å². The Labute approximate surface area is 192 Å². The zero-order valence-electron chi connectivity index (χ0n) is 19.1. The molecule has 0 bridgehead atoms. The maximum absolute atomic E-state index is 2.58. The second-order valence-electron chi connectivity index (χ2n) is 10.1. The Balaban J connectivity index is 1.62. The van der Waals surface area contributed by atoms with Crippen LogP contribution in [-0.4, -0.2) is 13.1 Å². The number of likely N-dealkylation sites (N-methyl/N-ethyl adjacent to an activating group) is 1. The quantitative estimate of drug-likeness (QED) is 0.448. The molecular formula is C31H31N. The third-order valence-electron chi connectivity index (χ3n) is 8.57. The Morgan fingerprint density at radius 3 is 1.97 bits per heavy atom. The lowest BCUT2D eigenvalue weighted by molar-refractivity contribution is 0.267. The van der Waals surface area contributed by atoms with Gasteiger partial charge in [-0.1, -0.05) is 110 Å². The van der Waals surface area contributed by atoms with Gasteiger partial charge in [-0.25, -0.2) is 0 Å². The maximum Gasteiger partial charge on any atom is 0.0427 e. The van der Waals surface area contributed by atoms with Crippen molar-refractivity contribution in [2.24, 2.45) is 17.8 Å². The molecule has 0 amide bonds. The number of allylic oxidation sites excluding steroid dienone is 3. The Bertz CT molecular complexity index is 1150. The fraction of sp³-hybridized carbons (Fsp3) is 0.290. The van der Waals surface area contributed by atoms with Gasteiger partial charge in [0.05, 0.1) is 0 Å². The number of hydrogen-bond donors (Lipinski definition) is 0. The molecule has 3 aromatic rings. The van der Waals surface area contributed by atoms with E-state index in [9.17, 15) is 0 Å². The summed E-state index contributed by atoms with van der Waals surface area (Å²) < 4.78 is 0. The Morgan fingerprint density at radius 2 is 1.34 bits per heavy atom. The summed E-state index contributed by atoms with van der Waals surface area (Å²) in [6.07, 6.45) is 9.53. The molecule has 3 aromatic carbocycles. The van der Waals surface area contributed by atoms with Crippen molar-refractivity contribution in [2.75, 3.05) is 11.9 Å². The zero-order valence-corrected chi connectivity index (χ0v) is 19.1. The fourth-order valence-corrected chi connectivity index (χ4v) is 7.20. The van der Waals surface area contributed by atoms with E-state index in [4.69, 9.17) is 0 Å². The predicted octanol–water partition coefficient (Wildman–Crippen LogP) is 6.89. The van der Waals surface area contributed by atoms with E-state index in [2.05, 4.69) is 129 Å². The summed E-state index contributed by atoms with van der Waals surface area (Å²) >= 11 is 0. The van der Waals surface area contributed by atoms with Crippen LogP contribution in [0.4, 0.5) is 5.69 Å². The molecule has 1 heteroatoms. The monoisotopic (exact) mass is 417 g/mol. The number of fused-ring (bicyclic) bond motifs is 5. The summed E-state index contributed by atoms with van der Waals surface area (Å²) in [4.78, 5) is 2.58. The van der Waals surface area contributed by atoms with Crippen LogP contribution in [0.25, 0.3) is 0 Å². The number of aryl methyl sites for hydroxylation is 1. The molecule has 1 nitrogen and oxygen atoms in total. The molecule has 0 spiro atoms. The first-order valence-electron chi connectivity index (χ1n) is 11.9. The number of rotatable bonds is 3. The highest BCUT2D eigenvalue weighted by molar-refractivity contribution is 5.65. The summed E-state index contributed by atoms with van der Waals surface area (Å²) in [5.74, 6) is 1.99. The Hall–Kier alpha value is -3.06. The largest absolute Gasteiger partial charge is 0.370 e. The molecule has 1 heterocycles. The van der Waals surface area contributed by atoms with Crippen LogP contribution in [-0.2, 0) is 5.41 Å². The van der Waals surface area contributed by atoms with Gasteiger partial charge >= 0.3 is 0 Å². The summed E-state index contributed by atoms with van der Waals surface area (Å²) in [6.45, 7) is 4.74. The second kappa shape index (κ2) is 7.24. The molecule has 160 valence electrons. The van der Waals surface area contributed by atoms with E-state index in [1.807, 2.05) is 0 Å². The van der Waals surface area contributed by atoms with Gasteiger partial charge in [-0.3, -0.25) is 0 Å². The third kappa shape index (κ3) is 2.64. The lowest BCUT2D eigenvalue weighted by Crippen LogP contribution is -2.39. The molecule has 1 fully saturated rings. The van der Waals surface area contributed by atoms with Crippen LogP contribution in [0.3, 0.4) is 0 Å². The van der Waals surface area contributed by atoms with Crippen LogP contribution in [0.1, 0.15) is 35.1 Å². The molecular weight excluding hydrogens is 386 g/mol. The minimum Gasteiger partial charge on any atom is -0.370 e. The van der Waals surface area contributed by atoms with Crippen molar-refractivity contribution < 1.29 is 0 Å². The minimum absolute atomic E-state index is 0.0907. The molecule has 1 saturated carbocycles. The number of nitrogens with zero attached hydrogens (tertiary/aromatic N) is 1. The van der Waals surface area contributed by atoms with Crippen LogP contribution >= 0.6 is 0 Å². The summed E-state index contributed by atoms with van der Waals surface area (Å²) in [6, 6.07) is 30.0. The van der Waals surface area contributed by atoms with Crippen molar-refractivity contribution in [1.82, 2.24) is 0 Å². The second-order valence-corrected chi connectivity index (χ2v) is 10.1. The van der Waals surface area contributed by atoms with Gasteiger partial charge in [0.2, 0.25) is 0 Å². The molecule has 0 saturated heterocycles. The fourth-order valence-electron chi connectivity index (χ4n) is 7.20. The topological polar surface area (TPSA) is 3.24 Å². The predicted molar refractivity (Wildman–Crippen MR) is 134 cm³/mol. The van der Waals surface area contributed by atoms with E-state index in [1.54, 1.807) is 0 Å². The maximum atomic E-state index is 2.58. The summed E-state index contributed by atoms with van der Waals surface area (Å²) in [5, 5.41) is 0. The van der Waals surface area contributed by atoms with E-state index in [-0.39, 0.29) is 5.41 Å². The molecule has 5 atom stereocenters. The van der Waals surface area contributed by atoms with Gasteiger partial charge in [0.1, 0.15) is 0 Å². The van der Waals surface area contributed by atoms with Gasteiger partial charge in [0.15, 0.2) is 0 Å². The van der Waals surface area contributed by atoms with Crippen molar-refractivity contribution in [3.05, 3.63) is 125 Å². The SMILES string of the molecule is Cc1ccc2c(c1)C1C(C3C=CC=CC3C1C(C)(c1ccccc1)c1ccccc1)N2C. The van der Waals surface area contributed by atoms with Crippen LogP contribution in [0, 0.1) is 24.7 Å². The highest BCUT2D eigenvalue weighted by Crippen LogP contribution is 2.64. The molecule has 32 heavy (non-hydrogen) atoms. The molecule has 0 aromatic heterocycles. The van der Waals surface area contributed by atoms with Gasteiger partial charge in [-0.15, -0.1) is 0 Å². The van der Waals surface area contributed by atoms with Gasteiger partial charge in [0.25, 0.3) is 0 Å². The molecule has 0 radical (unpaired) electrons. The average Bonchev–Trinajstić information content (AvgIpc) is 3.33. The first kappa shape index (κ1) is 19.6. The smallest absolute Gasteiger partial charge is 0.0427 e. The molecule has 5 unspecified atom stereocenters. The Morgan fingerprint density at radius 1 is 0.750 bits per heavy atom. The molecule has 6 rings (SSSR count). The number of benzene rings is 3. The van der Waals surface area contributed by atoms with E-state index < -0.39 is 0 Å². The van der Waals surface area contributed by atoms with E-state index >= 15 is 0 Å². The normalized spacial score (nSPS) is 27.8. The van der Waals surface area contributed by atoms with Crippen LogP contribution in [0.2, 0.25) is 0 Å². The number of hydrogen-bond acceptors (Lipinski definition) is 1. The molecule has 2 aliphatic carbocycles. The highest BCUT2D eigenvalue weighted by atomic mass is 15.2. The first-order valence-corrected chi connectivity index (χ1v) is 11.9. The third-order valence-corrected chi connectivity index (χ3v) is 8.57. The van der Waals surface area contributed by atoms with Crippen molar-refractivity contribution in [2.45, 2.75) is 31.2 Å². The molecule has 0 N–H and O–H groups in total. The standard InChI is InChI=1S/C31H31N/c1-21-18-19-27-26(20-21)28-29(24-16-10-11-17-25(24)30(28)32(27)3)31(2,22-12-6-4-7-13-22)23-14-8-5-9-15-23/h4-20,24-25,28-30H,1-3H3. The summed E-state index contributed by atoms with van der Waals surface area (Å²) in [7, 11) is 2.31. The van der Waals surface area contributed by atoms with Crippen molar-refractivity contribution in [3.63, 3.8) is 0 Å². The lowest BCUT2D eigenvalue weighted by atomic mass is 9.60. The van der Waals surface area contributed by atoms with Gasteiger partial charge in [-0.05, 0) is 41.5 Å². The van der Waals surface area contributed by atoms with E-state index in [0.29, 0.717) is 29.7 Å².